The van der Waals surface area contributed by atoms with Crippen molar-refractivity contribution < 1.29 is 13.3 Å². The Hall–Kier alpha value is -17.9. The average molecular weight is 1680 g/mol. The number of nitrogens with zero attached hydrogens (tertiary/aromatic N) is 9. The number of furan rings is 3. The zero-order valence-electron chi connectivity index (χ0n) is 70.6. The van der Waals surface area contributed by atoms with Gasteiger partial charge in [0.05, 0.1) is 0 Å². The molecule has 0 aliphatic carbocycles. The highest BCUT2D eigenvalue weighted by atomic mass is 16.3. The van der Waals surface area contributed by atoms with Gasteiger partial charge in [0.25, 0.3) is 0 Å². The highest BCUT2D eigenvalue weighted by Crippen LogP contribution is 2.40. The fraction of sp³-hybridized carbons (Fsp3) is 0. The van der Waals surface area contributed by atoms with Gasteiger partial charge >= 0.3 is 0 Å². The predicted molar refractivity (Wildman–Crippen MR) is 532 cm³/mol. The van der Waals surface area contributed by atoms with E-state index in [9.17, 15) is 0 Å². The Morgan fingerprint density at radius 3 is 0.634 bits per heavy atom. The summed E-state index contributed by atoms with van der Waals surface area (Å²) in [6.45, 7) is 0. The second kappa shape index (κ2) is 34.2. The van der Waals surface area contributed by atoms with Crippen molar-refractivity contribution >= 4 is 87.4 Å². The van der Waals surface area contributed by atoms with Gasteiger partial charge in [-0.05, 0) is 168 Å². The summed E-state index contributed by atoms with van der Waals surface area (Å²) >= 11 is 0. The molecule has 19 aromatic carbocycles. The Bertz CT molecular complexity index is 8610. The summed E-state index contributed by atoms with van der Waals surface area (Å²) < 4.78 is 18.6. The summed E-state index contributed by atoms with van der Waals surface area (Å²) in [6, 6.07) is 156. The molecule has 0 saturated carbocycles. The summed E-state index contributed by atoms with van der Waals surface area (Å²) in [7, 11) is 0. The van der Waals surface area contributed by atoms with Gasteiger partial charge in [-0.1, -0.05) is 364 Å². The third-order valence-corrected chi connectivity index (χ3v) is 24.0. The van der Waals surface area contributed by atoms with Crippen molar-refractivity contribution in [2.75, 3.05) is 0 Å². The lowest BCUT2D eigenvalue weighted by atomic mass is 9.99. The number of hydrogen-bond acceptors (Lipinski definition) is 12. The molecular weight excluding hydrogens is 1600 g/mol. The van der Waals surface area contributed by atoms with Crippen LogP contribution < -0.4 is 0 Å². The highest BCUT2D eigenvalue weighted by molar-refractivity contribution is 6.08. The van der Waals surface area contributed by atoms with E-state index in [0.717, 1.165) is 171 Å². The van der Waals surface area contributed by atoms with Crippen molar-refractivity contribution in [2.24, 2.45) is 0 Å². The van der Waals surface area contributed by atoms with Crippen LogP contribution in [-0.4, -0.2) is 44.9 Å². The number of hydrogen-bond donors (Lipinski definition) is 0. The molecule has 12 nitrogen and oxygen atoms in total. The van der Waals surface area contributed by atoms with Crippen molar-refractivity contribution in [3.63, 3.8) is 0 Å². The van der Waals surface area contributed by atoms with Crippen LogP contribution in [0.2, 0.25) is 0 Å². The lowest BCUT2D eigenvalue weighted by Crippen LogP contribution is -2.00. The topological polar surface area (TPSA) is 155 Å². The minimum absolute atomic E-state index is 0.591. The van der Waals surface area contributed by atoms with Crippen molar-refractivity contribution in [1.82, 2.24) is 44.9 Å². The van der Waals surface area contributed by atoms with Crippen LogP contribution in [0.3, 0.4) is 0 Å². The zero-order chi connectivity index (χ0) is 86.9. The van der Waals surface area contributed by atoms with E-state index in [1.807, 2.05) is 103 Å². The van der Waals surface area contributed by atoms with Gasteiger partial charge in [0, 0.05) is 82.4 Å². The molecule has 12 heteroatoms. The monoisotopic (exact) mass is 1680 g/mol. The Morgan fingerprint density at radius 1 is 0.107 bits per heavy atom. The molecule has 0 bridgehead atoms. The third-order valence-electron chi connectivity index (χ3n) is 24.0. The summed E-state index contributed by atoms with van der Waals surface area (Å²) in [4.78, 5) is 45.1. The molecule has 614 valence electrons. The van der Waals surface area contributed by atoms with E-state index in [-0.39, 0.29) is 0 Å². The summed E-state index contributed by atoms with van der Waals surface area (Å²) in [5.41, 5.74) is 24.5. The first-order valence-corrected chi connectivity index (χ1v) is 43.6. The SMILES string of the molecule is c1ccc(-c2ccc(-c3nc(-c4cccc(-c5ccccc5)c4)nc(-c4ccc5c(c4)oc4ccccc45)n3)cc2)cc1.c1ccc(-c2cccc(-c3nc(-c4ccc5ccccc5c4)nc(-c4ccc5c(c4)oc4ccccc45)n3)c2)cc1.c1ccc(-c2cccc(-c3nc(-c4cccc(-c5ccc6ccccc6c5)c4)nc(-c4ccc5c(c4)oc4ccccc45)n3)c2)cc1. The number of fused-ring (bicyclic) bond motifs is 11. The molecule has 0 aliphatic rings. The molecule has 0 unspecified atom stereocenters. The van der Waals surface area contributed by atoms with Crippen LogP contribution in [0.1, 0.15) is 0 Å². The molecule has 6 heterocycles. The maximum Gasteiger partial charge on any atom is 0.164 e. The molecule has 0 amide bonds. The second-order valence-electron chi connectivity index (χ2n) is 32.3. The number of aromatic nitrogens is 9. The van der Waals surface area contributed by atoms with Crippen LogP contribution in [0.5, 0.6) is 0 Å². The first-order valence-electron chi connectivity index (χ1n) is 43.6. The standard InChI is InChI=1S/C43H27N3O.C39H25N3O.C37H23N3O/c1-2-10-28(11-3-1)31-14-8-16-34(25-31)41-44-42(35-17-9-15-32(26-35)33-21-20-29-12-4-5-13-30(29)24-33)46-43(45-41)36-22-23-38-37-18-6-7-19-39(37)47-40(38)27-36;1-3-10-26(11-4-1)28-18-20-29(21-19-28)37-40-38(31-15-9-14-30(24-31)27-12-5-2-6-13-27)42-39(41-37)32-22-23-34-33-16-7-8-17-35(33)43-36(34)25-32;1-2-9-24(10-3-1)27-13-8-14-28(21-27)35-38-36(29-18-17-25-11-4-5-12-26(25)22-29)40-37(39-35)30-19-20-32-31-15-6-7-16-33(31)41-34(32)23-30/h1-27H;1-25H;1-23H. The summed E-state index contributed by atoms with van der Waals surface area (Å²) in [5, 5.41) is 11.2. The third kappa shape index (κ3) is 15.9. The van der Waals surface area contributed by atoms with Crippen molar-refractivity contribution in [3.8, 4) is 158 Å². The molecule has 6 aromatic heterocycles. The molecule has 0 aliphatic heterocycles. The highest BCUT2D eigenvalue weighted by Gasteiger charge is 2.22. The van der Waals surface area contributed by atoms with Crippen LogP contribution in [0, 0.1) is 0 Å². The van der Waals surface area contributed by atoms with Crippen molar-refractivity contribution in [2.45, 2.75) is 0 Å². The number of rotatable bonds is 14. The maximum atomic E-state index is 6.23. The van der Waals surface area contributed by atoms with Gasteiger partial charge < -0.3 is 13.3 Å². The molecule has 131 heavy (non-hydrogen) atoms. The van der Waals surface area contributed by atoms with E-state index >= 15 is 0 Å². The fourth-order valence-corrected chi connectivity index (χ4v) is 17.3. The molecule has 0 saturated heterocycles. The van der Waals surface area contributed by atoms with Crippen LogP contribution >= 0.6 is 0 Å². The Morgan fingerprint density at radius 2 is 0.298 bits per heavy atom. The molecule has 0 radical (unpaired) electrons. The van der Waals surface area contributed by atoms with Gasteiger partial charge in [-0.25, -0.2) is 44.9 Å². The van der Waals surface area contributed by atoms with Gasteiger partial charge in [-0.2, -0.15) is 0 Å². The normalized spacial score (nSPS) is 11.4. The van der Waals surface area contributed by atoms with Crippen molar-refractivity contribution in [3.05, 3.63) is 455 Å². The number of para-hydroxylation sites is 3. The first-order chi connectivity index (χ1) is 64.8. The molecule has 0 N–H and O–H groups in total. The van der Waals surface area contributed by atoms with E-state index in [1.54, 1.807) is 0 Å². The minimum atomic E-state index is 0.591. The number of benzene rings is 19. The molecule has 0 atom stereocenters. The molecular formula is C119H75N9O3. The van der Waals surface area contributed by atoms with Gasteiger partial charge in [-0.3, -0.25) is 0 Å². The van der Waals surface area contributed by atoms with E-state index in [1.165, 1.54) is 21.7 Å². The smallest absolute Gasteiger partial charge is 0.164 e. The van der Waals surface area contributed by atoms with E-state index in [4.69, 9.17) is 58.1 Å². The Balaban J connectivity index is 0.000000112. The van der Waals surface area contributed by atoms with Crippen LogP contribution in [0.4, 0.5) is 0 Å². The van der Waals surface area contributed by atoms with Gasteiger partial charge in [-0.15, -0.1) is 0 Å². The fourth-order valence-electron chi connectivity index (χ4n) is 17.3. The lowest BCUT2D eigenvalue weighted by molar-refractivity contribution is 0.668. The minimum Gasteiger partial charge on any atom is -0.456 e. The Labute approximate surface area is 753 Å². The zero-order valence-corrected chi connectivity index (χ0v) is 70.6. The quantitative estimate of drug-likeness (QED) is 0.102. The second-order valence-corrected chi connectivity index (χ2v) is 32.3. The van der Waals surface area contributed by atoms with Crippen molar-refractivity contribution in [1.29, 1.82) is 0 Å². The lowest BCUT2D eigenvalue weighted by Gasteiger charge is -2.11. The van der Waals surface area contributed by atoms with E-state index < -0.39 is 0 Å². The summed E-state index contributed by atoms with van der Waals surface area (Å²) in [6.07, 6.45) is 0. The summed E-state index contributed by atoms with van der Waals surface area (Å²) in [5.74, 6) is 5.51. The Kier molecular flexibility index (Phi) is 20.4. The predicted octanol–water partition coefficient (Wildman–Crippen LogP) is 31.0. The first kappa shape index (κ1) is 77.9. The largest absolute Gasteiger partial charge is 0.456 e. The van der Waals surface area contributed by atoms with Gasteiger partial charge in [0.1, 0.15) is 33.5 Å². The molecule has 0 fully saturated rings. The van der Waals surface area contributed by atoms with E-state index in [0.29, 0.717) is 52.4 Å². The average Bonchev–Trinajstić information content (AvgIpc) is 1.69. The van der Waals surface area contributed by atoms with Crippen LogP contribution in [0.25, 0.3) is 245 Å². The van der Waals surface area contributed by atoms with Crippen LogP contribution in [-0.2, 0) is 0 Å². The van der Waals surface area contributed by atoms with Gasteiger partial charge in [0.2, 0.25) is 0 Å². The van der Waals surface area contributed by atoms with E-state index in [2.05, 4.69) is 352 Å². The molecule has 25 rings (SSSR count). The molecule has 0 spiro atoms. The molecule has 25 aromatic rings. The van der Waals surface area contributed by atoms with Gasteiger partial charge in [0.15, 0.2) is 52.4 Å². The maximum absolute atomic E-state index is 6.23. The van der Waals surface area contributed by atoms with Crippen LogP contribution in [0.15, 0.2) is 468 Å².